The third-order valence-electron chi connectivity index (χ3n) is 2.90. The molecule has 0 atom stereocenters. The maximum atomic E-state index is 13.6. The van der Waals surface area contributed by atoms with Crippen LogP contribution in [0.1, 0.15) is 12.0 Å². The molecule has 2 aromatic carbocycles. The smallest absolute Gasteiger partial charge is 0.264 e. The quantitative estimate of drug-likeness (QED) is 0.781. The molecule has 0 unspecified atom stereocenters. The Labute approximate surface area is 132 Å². The van der Waals surface area contributed by atoms with Crippen LogP contribution in [0.4, 0.5) is 10.1 Å². The topological polar surface area (TPSA) is 46.2 Å². The Balaban J connectivity index is 2.23. The van der Waals surface area contributed by atoms with Gasteiger partial charge in [0.15, 0.2) is 0 Å². The van der Waals surface area contributed by atoms with Gasteiger partial charge in [0.1, 0.15) is 10.7 Å². The van der Waals surface area contributed by atoms with E-state index in [0.717, 1.165) is 29.8 Å². The van der Waals surface area contributed by atoms with Gasteiger partial charge in [-0.1, -0.05) is 40.2 Å². The number of hydrogen-bond donors (Lipinski definition) is 1. The van der Waals surface area contributed by atoms with Crippen LogP contribution in [0.3, 0.4) is 0 Å². The number of anilines is 1. The van der Waals surface area contributed by atoms with Crippen LogP contribution in [-0.2, 0) is 16.4 Å². The highest BCUT2D eigenvalue weighted by Crippen LogP contribution is 2.20. The van der Waals surface area contributed by atoms with Crippen molar-refractivity contribution in [3.05, 3.63) is 59.9 Å². The van der Waals surface area contributed by atoms with E-state index in [1.807, 2.05) is 6.07 Å². The molecule has 0 aromatic heterocycles. The molecule has 0 radical (unpaired) electrons. The molecule has 0 amide bonds. The van der Waals surface area contributed by atoms with Crippen LogP contribution < -0.4 is 4.72 Å². The summed E-state index contributed by atoms with van der Waals surface area (Å²) in [5.74, 6) is -0.763. The molecular formula is C15H15BrFNO2S. The zero-order valence-corrected chi connectivity index (χ0v) is 13.6. The van der Waals surface area contributed by atoms with Gasteiger partial charge in [0.05, 0.1) is 0 Å². The van der Waals surface area contributed by atoms with Crippen LogP contribution in [-0.4, -0.2) is 13.7 Å². The monoisotopic (exact) mass is 371 g/mol. The Bertz CT molecular complexity index is 719. The lowest BCUT2D eigenvalue weighted by molar-refractivity contribution is 0.570. The summed E-state index contributed by atoms with van der Waals surface area (Å²) in [6, 6.07) is 12.4. The number of aryl methyl sites for hydroxylation is 1. The third-order valence-corrected chi connectivity index (χ3v) is 4.88. The van der Waals surface area contributed by atoms with E-state index in [2.05, 4.69) is 20.7 Å². The van der Waals surface area contributed by atoms with Gasteiger partial charge in [0.25, 0.3) is 10.0 Å². The molecule has 2 rings (SSSR count). The van der Waals surface area contributed by atoms with Crippen molar-refractivity contribution in [3.8, 4) is 0 Å². The third kappa shape index (κ3) is 4.28. The molecular weight excluding hydrogens is 357 g/mol. The second-order valence-corrected chi connectivity index (χ2v) is 6.97. The summed E-state index contributed by atoms with van der Waals surface area (Å²) in [7, 11) is -3.92. The molecule has 0 heterocycles. The molecule has 3 nitrogen and oxygen atoms in total. The first-order chi connectivity index (χ1) is 10.0. The van der Waals surface area contributed by atoms with E-state index in [9.17, 15) is 12.8 Å². The van der Waals surface area contributed by atoms with Gasteiger partial charge in [-0.05, 0) is 42.7 Å². The SMILES string of the molecule is O=S(=O)(Nc1cccc(CCCBr)c1)c1ccccc1F. The van der Waals surface area contributed by atoms with Crippen LogP contribution in [0.15, 0.2) is 53.4 Å². The van der Waals surface area contributed by atoms with Crippen LogP contribution >= 0.6 is 15.9 Å². The summed E-state index contributed by atoms with van der Waals surface area (Å²) >= 11 is 3.36. The van der Waals surface area contributed by atoms with Gasteiger partial charge in [0, 0.05) is 11.0 Å². The van der Waals surface area contributed by atoms with Crippen molar-refractivity contribution in [1.82, 2.24) is 0 Å². The lowest BCUT2D eigenvalue weighted by Gasteiger charge is -2.10. The number of benzene rings is 2. The van der Waals surface area contributed by atoms with Crippen molar-refractivity contribution in [1.29, 1.82) is 0 Å². The summed E-state index contributed by atoms with van der Waals surface area (Å²) < 4.78 is 40.4. The molecule has 1 N–H and O–H groups in total. The van der Waals surface area contributed by atoms with Crippen LogP contribution in [0.2, 0.25) is 0 Å². The predicted octanol–water partition coefficient (Wildman–Crippen LogP) is 3.95. The standard InChI is InChI=1S/C15H15BrFNO2S/c16-10-4-6-12-5-3-7-13(11-12)18-21(19,20)15-9-2-1-8-14(15)17/h1-3,5,7-9,11,18H,4,6,10H2. The average Bonchev–Trinajstić information content (AvgIpc) is 2.45. The number of halogens is 2. The molecule has 0 bridgehead atoms. The van der Waals surface area contributed by atoms with E-state index >= 15 is 0 Å². The highest BCUT2D eigenvalue weighted by atomic mass is 79.9. The Morgan fingerprint density at radius 2 is 1.86 bits per heavy atom. The zero-order chi connectivity index (χ0) is 15.3. The van der Waals surface area contributed by atoms with Gasteiger partial charge in [-0.15, -0.1) is 0 Å². The summed E-state index contributed by atoms with van der Waals surface area (Å²) in [4.78, 5) is -0.351. The van der Waals surface area contributed by atoms with E-state index < -0.39 is 15.8 Å². The number of rotatable bonds is 6. The van der Waals surface area contributed by atoms with Crippen molar-refractivity contribution in [2.75, 3.05) is 10.1 Å². The predicted molar refractivity (Wildman–Crippen MR) is 85.8 cm³/mol. The molecule has 0 saturated heterocycles. The lowest BCUT2D eigenvalue weighted by Crippen LogP contribution is -2.14. The van der Waals surface area contributed by atoms with Crippen LogP contribution in [0.25, 0.3) is 0 Å². The van der Waals surface area contributed by atoms with Gasteiger partial charge in [-0.3, -0.25) is 4.72 Å². The minimum Gasteiger partial charge on any atom is -0.280 e. The molecule has 0 spiro atoms. The van der Waals surface area contributed by atoms with E-state index in [1.54, 1.807) is 18.2 Å². The maximum Gasteiger partial charge on any atom is 0.264 e. The van der Waals surface area contributed by atoms with Gasteiger partial charge >= 0.3 is 0 Å². The summed E-state index contributed by atoms with van der Waals surface area (Å²) in [6.45, 7) is 0. The van der Waals surface area contributed by atoms with Gasteiger partial charge < -0.3 is 0 Å². The van der Waals surface area contributed by atoms with Crippen molar-refractivity contribution in [2.24, 2.45) is 0 Å². The van der Waals surface area contributed by atoms with Crippen molar-refractivity contribution < 1.29 is 12.8 Å². The summed E-state index contributed by atoms with van der Waals surface area (Å²) in [5.41, 5.74) is 1.47. The fourth-order valence-electron chi connectivity index (χ4n) is 1.93. The average molecular weight is 372 g/mol. The molecule has 0 aliphatic rings. The van der Waals surface area contributed by atoms with Crippen molar-refractivity contribution in [2.45, 2.75) is 17.7 Å². The van der Waals surface area contributed by atoms with Crippen molar-refractivity contribution >= 4 is 31.6 Å². The van der Waals surface area contributed by atoms with Gasteiger partial charge in [-0.2, -0.15) is 0 Å². The molecule has 6 heteroatoms. The second-order valence-electron chi connectivity index (χ2n) is 4.53. The van der Waals surface area contributed by atoms with Gasteiger partial charge in [-0.25, -0.2) is 12.8 Å². The Kier molecular flexibility index (Phi) is 5.36. The Hall–Kier alpha value is -1.40. The van der Waals surface area contributed by atoms with Crippen molar-refractivity contribution in [3.63, 3.8) is 0 Å². The highest BCUT2D eigenvalue weighted by Gasteiger charge is 2.18. The normalized spacial score (nSPS) is 11.3. The molecule has 112 valence electrons. The first kappa shape index (κ1) is 16.0. The van der Waals surface area contributed by atoms with Crippen LogP contribution in [0, 0.1) is 5.82 Å². The van der Waals surface area contributed by atoms with E-state index in [0.29, 0.717) is 5.69 Å². The maximum absolute atomic E-state index is 13.6. The highest BCUT2D eigenvalue weighted by molar-refractivity contribution is 9.09. The summed E-state index contributed by atoms with van der Waals surface area (Å²) in [6.07, 6.45) is 1.81. The molecule has 0 fully saturated rings. The van der Waals surface area contributed by atoms with Gasteiger partial charge in [0.2, 0.25) is 0 Å². The first-order valence-electron chi connectivity index (χ1n) is 6.45. The van der Waals surface area contributed by atoms with E-state index in [-0.39, 0.29) is 4.90 Å². The second kappa shape index (κ2) is 7.04. The fraction of sp³-hybridized carbons (Fsp3) is 0.200. The number of hydrogen-bond acceptors (Lipinski definition) is 2. The molecule has 0 aliphatic heterocycles. The lowest BCUT2D eigenvalue weighted by atomic mass is 10.1. The molecule has 2 aromatic rings. The van der Waals surface area contributed by atoms with E-state index in [1.165, 1.54) is 18.2 Å². The number of alkyl halides is 1. The largest absolute Gasteiger partial charge is 0.280 e. The minimum absolute atomic E-state index is 0.351. The Morgan fingerprint density at radius 1 is 1.10 bits per heavy atom. The molecule has 0 saturated carbocycles. The number of nitrogens with one attached hydrogen (secondary N) is 1. The fourth-order valence-corrected chi connectivity index (χ4v) is 3.34. The first-order valence-corrected chi connectivity index (χ1v) is 9.05. The van der Waals surface area contributed by atoms with Crippen LogP contribution in [0.5, 0.6) is 0 Å². The molecule has 21 heavy (non-hydrogen) atoms. The molecule has 0 aliphatic carbocycles. The van der Waals surface area contributed by atoms with E-state index in [4.69, 9.17) is 0 Å². The number of sulfonamides is 1. The summed E-state index contributed by atoms with van der Waals surface area (Å²) in [5, 5.41) is 0.887. The Morgan fingerprint density at radius 3 is 2.57 bits per heavy atom. The minimum atomic E-state index is -3.92. The zero-order valence-electron chi connectivity index (χ0n) is 11.2.